The van der Waals surface area contributed by atoms with Gasteiger partial charge in [0.25, 0.3) is 0 Å². The zero-order valence-electron chi connectivity index (χ0n) is 30.4. The molecule has 1 aliphatic heterocycles. The summed E-state index contributed by atoms with van der Waals surface area (Å²) in [6.45, 7) is 0. The van der Waals surface area contributed by atoms with Crippen LogP contribution in [0.4, 0.5) is 0 Å². The van der Waals surface area contributed by atoms with Gasteiger partial charge in [-0.2, -0.15) is 0 Å². The fourth-order valence-corrected chi connectivity index (χ4v) is 9.70. The van der Waals surface area contributed by atoms with Gasteiger partial charge in [0.2, 0.25) is 0 Å². The number of nitrogens with zero attached hydrogens (tertiary/aromatic N) is 3. The third kappa shape index (κ3) is 5.51. The molecule has 1 aliphatic rings. The van der Waals surface area contributed by atoms with Crippen LogP contribution in [0, 0.1) is 0 Å². The van der Waals surface area contributed by atoms with Gasteiger partial charge >= 0.3 is 0 Å². The number of thiophene rings is 1. The quantitative estimate of drug-likeness (QED) is 0.182. The molecule has 0 saturated carbocycles. The van der Waals surface area contributed by atoms with Gasteiger partial charge in [0, 0.05) is 42.2 Å². The normalized spacial score (nSPS) is 15.7. The number of hydrogen-bond acceptors (Lipinski definition) is 3. The summed E-state index contributed by atoms with van der Waals surface area (Å²) < 4.78 is 5.04. The lowest BCUT2D eigenvalue weighted by Gasteiger charge is -2.44. The molecule has 266 valence electrons. The van der Waals surface area contributed by atoms with Gasteiger partial charge in [-0.25, -0.2) is 0 Å². The van der Waals surface area contributed by atoms with Gasteiger partial charge in [-0.15, -0.1) is 11.3 Å². The highest BCUT2D eigenvalue weighted by Gasteiger charge is 2.19. The molecule has 10 aromatic rings. The molecular weight excluding hydrogens is 701 g/mol. The lowest BCUT2D eigenvalue weighted by atomic mass is 9.99. The molecule has 0 amide bonds. The Morgan fingerprint density at radius 2 is 1.04 bits per heavy atom. The van der Waals surface area contributed by atoms with Crippen molar-refractivity contribution in [3.05, 3.63) is 216 Å². The zero-order valence-corrected chi connectivity index (χ0v) is 31.2. The number of fused-ring (bicyclic) bond motifs is 6. The smallest absolute Gasteiger partial charge is 0.126 e. The molecule has 0 fully saturated rings. The van der Waals surface area contributed by atoms with Gasteiger partial charge in [-0.1, -0.05) is 152 Å². The molecule has 11 rings (SSSR count). The molecule has 4 nitrogen and oxygen atoms in total. The van der Waals surface area contributed by atoms with Crippen LogP contribution in [-0.4, -0.2) is 10.4 Å². The van der Waals surface area contributed by atoms with E-state index in [1.54, 1.807) is 0 Å². The molecule has 2 unspecified atom stereocenters. The van der Waals surface area contributed by atoms with E-state index in [2.05, 4.69) is 192 Å². The van der Waals surface area contributed by atoms with E-state index in [4.69, 9.17) is 10.3 Å². The van der Waals surface area contributed by atoms with Crippen LogP contribution in [0.1, 0.15) is 29.0 Å². The van der Waals surface area contributed by atoms with Crippen LogP contribution >= 0.6 is 11.3 Å². The maximum Gasteiger partial charge on any atom is 0.126 e. The number of nitrogens with one attached hydrogen (secondary N) is 1. The molecule has 0 bridgehead atoms. The third-order valence-corrected chi connectivity index (χ3v) is 12.3. The monoisotopic (exact) mass is 735 g/mol. The van der Waals surface area contributed by atoms with Crippen molar-refractivity contribution in [1.29, 1.82) is 0 Å². The molecule has 0 spiro atoms. The van der Waals surface area contributed by atoms with Crippen LogP contribution in [0.3, 0.4) is 0 Å². The van der Waals surface area contributed by atoms with Crippen molar-refractivity contribution in [3.8, 4) is 27.9 Å². The van der Waals surface area contributed by atoms with E-state index in [9.17, 15) is 0 Å². The SMILES string of the molecule is c1ccc(-c2cccc3c2sc2c(-c4ccc5c(c4)c4ccccc4n5-c4ccc(C5=NC(c6ccccc6)[N-]C(c6ccccc6)N5)cc4)cccc23)cc1. The lowest BCUT2D eigenvalue weighted by molar-refractivity contribution is 0.631. The molecule has 2 atom stereocenters. The second kappa shape index (κ2) is 13.5. The second-order valence-electron chi connectivity index (χ2n) is 14.3. The van der Waals surface area contributed by atoms with E-state index >= 15 is 0 Å². The minimum absolute atomic E-state index is 0.204. The van der Waals surface area contributed by atoms with Crippen molar-refractivity contribution in [2.24, 2.45) is 4.99 Å². The van der Waals surface area contributed by atoms with E-state index in [1.165, 1.54) is 64.2 Å². The molecule has 0 radical (unpaired) electrons. The Morgan fingerprint density at radius 1 is 0.464 bits per heavy atom. The number of para-hydroxylation sites is 1. The Morgan fingerprint density at radius 3 is 1.75 bits per heavy atom. The fraction of sp³-hybridized carbons (Fsp3) is 0.0392. The van der Waals surface area contributed by atoms with Crippen molar-refractivity contribution in [2.45, 2.75) is 12.3 Å². The molecule has 1 N–H and O–H groups in total. The summed E-state index contributed by atoms with van der Waals surface area (Å²) in [5.41, 5.74) is 11.7. The van der Waals surface area contributed by atoms with E-state index in [1.807, 2.05) is 23.5 Å². The fourth-order valence-electron chi connectivity index (χ4n) is 8.33. The van der Waals surface area contributed by atoms with Crippen molar-refractivity contribution in [3.63, 3.8) is 0 Å². The van der Waals surface area contributed by atoms with Crippen molar-refractivity contribution in [2.75, 3.05) is 0 Å². The van der Waals surface area contributed by atoms with Gasteiger partial charge in [0.05, 0.1) is 11.0 Å². The van der Waals surface area contributed by atoms with Crippen LogP contribution < -0.4 is 5.32 Å². The lowest BCUT2D eigenvalue weighted by Crippen LogP contribution is -2.34. The summed E-state index contributed by atoms with van der Waals surface area (Å²) in [6.07, 6.45) is -0.502. The first-order chi connectivity index (χ1) is 27.8. The first kappa shape index (κ1) is 32.6. The molecular formula is C51H35N4S-. The minimum atomic E-state index is -0.298. The highest BCUT2D eigenvalue weighted by atomic mass is 32.1. The van der Waals surface area contributed by atoms with Crippen LogP contribution in [-0.2, 0) is 0 Å². The number of amidine groups is 1. The molecule has 0 aliphatic carbocycles. The summed E-state index contributed by atoms with van der Waals surface area (Å²) in [5, 5.41) is 13.8. The average Bonchev–Trinajstić information content (AvgIpc) is 3.83. The minimum Gasteiger partial charge on any atom is -0.613 e. The first-order valence-corrected chi connectivity index (χ1v) is 19.9. The zero-order chi connectivity index (χ0) is 37.0. The Kier molecular flexibility index (Phi) is 7.87. The Labute approximate surface area is 329 Å². The molecule has 5 heteroatoms. The first-order valence-electron chi connectivity index (χ1n) is 19.1. The van der Waals surface area contributed by atoms with Crippen LogP contribution in [0.5, 0.6) is 0 Å². The van der Waals surface area contributed by atoms with Gasteiger partial charge < -0.3 is 15.2 Å². The summed E-state index contributed by atoms with van der Waals surface area (Å²) in [6, 6.07) is 69.4. The Balaban J connectivity index is 0.993. The topological polar surface area (TPSA) is 43.4 Å². The summed E-state index contributed by atoms with van der Waals surface area (Å²) in [4.78, 5) is 5.12. The number of aromatic nitrogens is 1. The number of benzene rings is 8. The van der Waals surface area contributed by atoms with Gasteiger partial charge in [-0.05, 0) is 88.2 Å². The maximum atomic E-state index is 5.12. The molecule has 8 aromatic carbocycles. The van der Waals surface area contributed by atoms with Crippen molar-refractivity contribution < 1.29 is 0 Å². The summed E-state index contributed by atoms with van der Waals surface area (Å²) in [7, 11) is 0. The Bertz CT molecular complexity index is 3070. The second-order valence-corrected chi connectivity index (χ2v) is 15.4. The summed E-state index contributed by atoms with van der Waals surface area (Å²) in [5.74, 6) is 0.840. The number of aliphatic imine (C=N–C) groups is 1. The van der Waals surface area contributed by atoms with Gasteiger partial charge in [0.1, 0.15) is 5.84 Å². The van der Waals surface area contributed by atoms with Crippen LogP contribution in [0.2, 0.25) is 0 Å². The predicted octanol–water partition coefficient (Wildman–Crippen LogP) is 13.6. The van der Waals surface area contributed by atoms with Crippen molar-refractivity contribution in [1.82, 2.24) is 9.88 Å². The molecule has 56 heavy (non-hydrogen) atoms. The highest BCUT2D eigenvalue weighted by Crippen LogP contribution is 2.45. The number of rotatable bonds is 6. The molecule has 3 heterocycles. The average molecular weight is 736 g/mol. The van der Waals surface area contributed by atoms with E-state index in [0.717, 1.165) is 28.2 Å². The maximum absolute atomic E-state index is 5.12. The molecule has 0 saturated heterocycles. The number of hydrogen-bond donors (Lipinski definition) is 1. The van der Waals surface area contributed by atoms with E-state index in [-0.39, 0.29) is 12.3 Å². The summed E-state index contributed by atoms with van der Waals surface area (Å²) >= 11 is 1.90. The molecule has 2 aromatic heterocycles. The standard InChI is InChI=1S/C51H35N4S/c1-4-14-33(15-5-1)39-21-12-23-42-43-24-13-22-40(48(43)56-47(39)42)37-28-31-46-44(32-37)41-20-10-11-25-45(41)55(46)38-29-26-36(27-30-38)51-53-49(34-16-6-2-7-17-34)52-50(54-51)35-18-8-3-9-19-35/h1-32,49-50H,(H,53,54)/q-1. The van der Waals surface area contributed by atoms with Gasteiger partial charge in [0.15, 0.2) is 0 Å². The van der Waals surface area contributed by atoms with Crippen LogP contribution in [0.25, 0.3) is 75.2 Å². The van der Waals surface area contributed by atoms with Gasteiger partial charge in [-0.3, -0.25) is 4.99 Å². The largest absolute Gasteiger partial charge is 0.613 e. The predicted molar refractivity (Wildman–Crippen MR) is 236 cm³/mol. The van der Waals surface area contributed by atoms with E-state index < -0.39 is 0 Å². The van der Waals surface area contributed by atoms with Crippen molar-refractivity contribution >= 4 is 59.2 Å². The third-order valence-electron chi connectivity index (χ3n) is 11.0. The van der Waals surface area contributed by atoms with E-state index in [0.29, 0.717) is 0 Å². The highest BCUT2D eigenvalue weighted by molar-refractivity contribution is 7.26. The Hall–Kier alpha value is -6.79. The van der Waals surface area contributed by atoms with Crippen LogP contribution in [0.15, 0.2) is 199 Å².